The summed E-state index contributed by atoms with van der Waals surface area (Å²) in [5.41, 5.74) is -0.846. The van der Waals surface area contributed by atoms with Gasteiger partial charge in [-0.05, 0) is 155 Å². The Labute approximate surface area is 309 Å². The predicted octanol–water partition coefficient (Wildman–Crippen LogP) is 8.17. The standard InChI is InChI=1S/C17H22BNO5.C11H10INO3.C7H15BO2/c1-15(2)10-9-11-13(22-15)8-7-12(14(11)19(20)21)18-23-16(3,4)17(5,6)24-18;1-11(2)6-5-7-9(16-11)4-3-8(12)10(7)13(14)15;1-6(2)7(3,4)10-8(5)9-6/h7-10H,1-6H3;3-6H,1-2H3;1-5H3. The molecular weight excluding hydrogens is 757 g/mol. The fourth-order valence-electron chi connectivity index (χ4n) is 5.56. The highest BCUT2D eigenvalue weighted by Crippen LogP contribution is 2.41. The van der Waals surface area contributed by atoms with E-state index >= 15 is 0 Å². The maximum absolute atomic E-state index is 11.7. The molecular formula is C35H47B2IN2O10. The summed E-state index contributed by atoms with van der Waals surface area (Å²) in [7, 11) is -0.853. The van der Waals surface area contributed by atoms with E-state index in [9.17, 15) is 20.2 Å². The number of hydrogen-bond donors (Lipinski definition) is 0. The molecule has 0 aromatic heterocycles. The van der Waals surface area contributed by atoms with E-state index < -0.39 is 34.4 Å². The Bertz CT molecular complexity index is 1700. The van der Waals surface area contributed by atoms with Crippen molar-refractivity contribution < 1.29 is 37.9 Å². The van der Waals surface area contributed by atoms with Crippen LogP contribution < -0.4 is 14.9 Å². The molecule has 0 spiro atoms. The lowest BCUT2D eigenvalue weighted by molar-refractivity contribution is -0.386. The van der Waals surface area contributed by atoms with Crippen molar-refractivity contribution in [2.75, 3.05) is 0 Å². The molecule has 15 heteroatoms. The molecule has 0 amide bonds. The van der Waals surface area contributed by atoms with E-state index in [1.54, 1.807) is 36.4 Å². The normalized spacial score (nSPS) is 22.0. The van der Waals surface area contributed by atoms with Crippen LogP contribution in [0.2, 0.25) is 6.82 Å². The summed E-state index contributed by atoms with van der Waals surface area (Å²) < 4.78 is 35.2. The van der Waals surface area contributed by atoms with Crippen LogP contribution in [0.3, 0.4) is 0 Å². The fraction of sp³-hybridized carbons (Fsp3) is 0.543. The number of nitro groups is 2. The van der Waals surface area contributed by atoms with Gasteiger partial charge in [0.15, 0.2) is 0 Å². The van der Waals surface area contributed by atoms with E-state index in [4.69, 9.17) is 28.1 Å². The number of ether oxygens (including phenoxy) is 2. The molecule has 12 nitrogen and oxygen atoms in total. The lowest BCUT2D eigenvalue weighted by Gasteiger charge is -2.32. The largest absolute Gasteiger partial charge is 0.501 e. The highest BCUT2D eigenvalue weighted by Gasteiger charge is 2.54. The summed E-state index contributed by atoms with van der Waals surface area (Å²) in [6.45, 7) is 25.4. The van der Waals surface area contributed by atoms with Crippen LogP contribution in [0.1, 0.15) is 94.2 Å². The molecule has 0 saturated carbocycles. The zero-order valence-electron chi connectivity index (χ0n) is 31.1. The summed E-state index contributed by atoms with van der Waals surface area (Å²) in [5, 5.41) is 22.7. The van der Waals surface area contributed by atoms with Crippen molar-refractivity contribution in [1.29, 1.82) is 0 Å². The van der Waals surface area contributed by atoms with E-state index in [0.717, 1.165) is 0 Å². The molecule has 0 bridgehead atoms. The number of halogens is 1. The van der Waals surface area contributed by atoms with Crippen LogP contribution in [-0.2, 0) is 18.6 Å². The van der Waals surface area contributed by atoms with E-state index in [0.29, 0.717) is 31.7 Å². The van der Waals surface area contributed by atoms with Gasteiger partial charge in [-0.25, -0.2) is 0 Å². The fourth-order valence-corrected chi connectivity index (χ4v) is 6.23. The van der Waals surface area contributed by atoms with Crippen LogP contribution in [0.4, 0.5) is 11.4 Å². The first-order chi connectivity index (χ1) is 22.7. The molecule has 6 rings (SSSR count). The lowest BCUT2D eigenvalue weighted by atomic mass is 9.76. The third-order valence-electron chi connectivity index (χ3n) is 9.63. The van der Waals surface area contributed by atoms with E-state index in [1.165, 1.54) is 0 Å². The average Bonchev–Trinajstić information content (AvgIpc) is 3.29. The van der Waals surface area contributed by atoms with Gasteiger partial charge in [0.2, 0.25) is 0 Å². The Morgan fingerprint density at radius 2 is 0.980 bits per heavy atom. The monoisotopic (exact) mass is 804 g/mol. The van der Waals surface area contributed by atoms with Crippen LogP contribution in [0, 0.1) is 23.8 Å². The van der Waals surface area contributed by atoms with Crippen molar-refractivity contribution in [3.05, 3.63) is 71.3 Å². The second kappa shape index (κ2) is 13.5. The minimum atomic E-state index is -0.788. The molecule has 0 unspecified atom stereocenters. The van der Waals surface area contributed by atoms with Gasteiger partial charge in [-0.1, -0.05) is 6.07 Å². The van der Waals surface area contributed by atoms with Crippen LogP contribution >= 0.6 is 22.6 Å². The molecule has 2 aromatic carbocycles. The van der Waals surface area contributed by atoms with E-state index in [-0.39, 0.29) is 34.6 Å². The van der Waals surface area contributed by atoms with Crippen LogP contribution in [0.25, 0.3) is 12.2 Å². The SMILES string of the molecule is CB1OC(C)(C)C(C)(C)O1.CC1(C)C=Cc2c(ccc(B3OC(C)(C)C(C)(C)O3)c2[N+](=O)[O-])O1.CC1(C)C=Cc2c(ccc(I)c2[N+](=O)[O-])O1. The van der Waals surface area contributed by atoms with Crippen molar-refractivity contribution in [3.63, 3.8) is 0 Å². The third-order valence-corrected chi connectivity index (χ3v) is 10.5. The molecule has 0 radical (unpaired) electrons. The van der Waals surface area contributed by atoms with Gasteiger partial charge in [0, 0.05) is 0 Å². The van der Waals surface area contributed by atoms with Crippen molar-refractivity contribution in [2.45, 2.75) is 124 Å². The summed E-state index contributed by atoms with van der Waals surface area (Å²) in [6, 6.07) is 6.88. The van der Waals surface area contributed by atoms with Crippen LogP contribution in [-0.4, -0.2) is 57.7 Å². The Balaban J connectivity index is 0.000000185. The van der Waals surface area contributed by atoms with Gasteiger partial charge < -0.3 is 28.1 Å². The summed E-state index contributed by atoms with van der Waals surface area (Å²) in [6.07, 6.45) is 7.15. The number of nitrogens with zero attached hydrogens (tertiary/aromatic N) is 2. The molecule has 4 heterocycles. The summed E-state index contributed by atoms with van der Waals surface area (Å²) in [5.74, 6) is 1.06. The molecule has 2 saturated heterocycles. The smallest absolute Gasteiger partial charge is 0.483 e. The van der Waals surface area contributed by atoms with Gasteiger partial charge in [0.25, 0.3) is 11.4 Å². The highest BCUT2D eigenvalue weighted by molar-refractivity contribution is 14.1. The first-order valence-electron chi connectivity index (χ1n) is 16.5. The topological polar surface area (TPSA) is 142 Å². The molecule has 270 valence electrons. The van der Waals surface area contributed by atoms with E-state index in [1.807, 2.05) is 97.0 Å². The maximum atomic E-state index is 11.7. The number of fused-ring (bicyclic) bond motifs is 2. The molecule has 0 aliphatic carbocycles. The predicted molar refractivity (Wildman–Crippen MR) is 204 cm³/mol. The first kappa shape index (κ1) is 39.8. The Morgan fingerprint density at radius 1 is 0.600 bits per heavy atom. The highest BCUT2D eigenvalue weighted by atomic mass is 127. The second-order valence-corrected chi connectivity index (χ2v) is 16.9. The van der Waals surface area contributed by atoms with Gasteiger partial charge >= 0.3 is 14.2 Å². The van der Waals surface area contributed by atoms with Crippen molar-refractivity contribution in [1.82, 2.24) is 0 Å². The quantitative estimate of drug-likeness (QED) is 0.129. The maximum Gasteiger partial charge on any atom is 0.501 e. The molecule has 2 aromatic rings. The zero-order valence-corrected chi connectivity index (χ0v) is 33.3. The molecule has 2 fully saturated rings. The van der Waals surface area contributed by atoms with Gasteiger partial charge in [-0.2, -0.15) is 0 Å². The number of nitro benzene ring substituents is 2. The van der Waals surface area contributed by atoms with Crippen LogP contribution in [0.15, 0.2) is 36.4 Å². The molecule has 4 aliphatic rings. The van der Waals surface area contributed by atoms with Crippen LogP contribution in [0.5, 0.6) is 11.5 Å². The number of hydrogen-bond acceptors (Lipinski definition) is 10. The molecule has 50 heavy (non-hydrogen) atoms. The summed E-state index contributed by atoms with van der Waals surface area (Å²) >= 11 is 1.96. The Morgan fingerprint density at radius 3 is 1.36 bits per heavy atom. The molecule has 0 N–H and O–H groups in total. The number of benzene rings is 2. The van der Waals surface area contributed by atoms with Gasteiger partial charge in [0.05, 0.1) is 52.4 Å². The first-order valence-corrected chi connectivity index (χ1v) is 17.5. The minimum absolute atomic E-state index is 0.0299. The second-order valence-electron chi connectivity index (χ2n) is 15.7. The van der Waals surface area contributed by atoms with Gasteiger partial charge in [-0.3, -0.25) is 20.2 Å². The molecule has 0 atom stereocenters. The van der Waals surface area contributed by atoms with Crippen molar-refractivity contribution in [2.24, 2.45) is 0 Å². The Hall–Kier alpha value is -2.98. The van der Waals surface area contributed by atoms with Crippen molar-refractivity contribution in [3.8, 4) is 11.5 Å². The minimum Gasteiger partial charge on any atom is -0.483 e. The average molecular weight is 804 g/mol. The Kier molecular flexibility index (Phi) is 10.8. The third kappa shape index (κ3) is 8.22. The van der Waals surface area contributed by atoms with Crippen molar-refractivity contribution >= 4 is 65.8 Å². The summed E-state index contributed by atoms with van der Waals surface area (Å²) in [4.78, 5) is 21.9. The van der Waals surface area contributed by atoms with Gasteiger partial charge in [0.1, 0.15) is 22.7 Å². The zero-order chi connectivity index (χ0) is 37.8. The molecule has 4 aliphatic heterocycles. The lowest BCUT2D eigenvalue weighted by Crippen LogP contribution is -2.41. The van der Waals surface area contributed by atoms with E-state index in [2.05, 4.69) is 27.7 Å². The number of rotatable bonds is 3. The van der Waals surface area contributed by atoms with Gasteiger partial charge in [-0.15, -0.1) is 0 Å².